The quantitative estimate of drug-likeness (QED) is 0.790. The van der Waals surface area contributed by atoms with Crippen LogP contribution in [0.3, 0.4) is 0 Å². The fraction of sp³-hybridized carbons (Fsp3) is 0.357. The van der Waals surface area contributed by atoms with Crippen LogP contribution in [0.4, 0.5) is 0 Å². The van der Waals surface area contributed by atoms with Crippen LogP contribution in [0.5, 0.6) is 5.75 Å². The summed E-state index contributed by atoms with van der Waals surface area (Å²) in [7, 11) is 3.38. The fourth-order valence-electron chi connectivity index (χ4n) is 1.92. The number of methoxy groups -OCH3 is 2. The molecule has 0 bridgehead atoms. The van der Waals surface area contributed by atoms with Gasteiger partial charge >= 0.3 is 0 Å². The number of hydrogen-bond acceptors (Lipinski definition) is 5. The summed E-state index contributed by atoms with van der Waals surface area (Å²) in [5.74, 6) is 0.868. The van der Waals surface area contributed by atoms with E-state index in [1.165, 1.54) is 0 Å². The predicted molar refractivity (Wildman–Crippen MR) is 76.8 cm³/mol. The Hall–Kier alpha value is -1.43. The first-order valence-corrected chi connectivity index (χ1v) is 6.99. The standard InChI is InChI=1S/C14H18N2O2S/c1-17-9-7-15-13(14-16-8-10-19-14)11-5-3-4-6-12(11)18-2/h3-6,8,10,13,15H,7,9H2,1-2H3. The summed E-state index contributed by atoms with van der Waals surface area (Å²) in [6.07, 6.45) is 1.82. The zero-order chi connectivity index (χ0) is 13.5. The molecule has 2 rings (SSSR count). The Morgan fingerprint density at radius 1 is 1.32 bits per heavy atom. The SMILES string of the molecule is COCCNC(c1nccs1)c1ccccc1OC. The molecule has 1 aromatic carbocycles. The summed E-state index contributed by atoms with van der Waals surface area (Å²) in [5.41, 5.74) is 1.09. The number of hydrogen-bond donors (Lipinski definition) is 1. The van der Waals surface area contributed by atoms with Crippen LogP contribution in [0.2, 0.25) is 0 Å². The van der Waals surface area contributed by atoms with Gasteiger partial charge in [0.2, 0.25) is 0 Å². The number of thiazole rings is 1. The van der Waals surface area contributed by atoms with Gasteiger partial charge in [-0.2, -0.15) is 0 Å². The zero-order valence-corrected chi connectivity index (χ0v) is 11.9. The third kappa shape index (κ3) is 3.53. The molecule has 19 heavy (non-hydrogen) atoms. The second kappa shape index (κ2) is 7.23. The molecule has 2 aromatic rings. The molecule has 1 heterocycles. The molecule has 0 saturated heterocycles. The van der Waals surface area contributed by atoms with Crippen LogP contribution in [-0.2, 0) is 4.74 Å². The molecule has 0 spiro atoms. The maximum absolute atomic E-state index is 5.44. The second-order valence-corrected chi connectivity index (χ2v) is 4.92. The number of rotatable bonds is 7. The third-order valence-electron chi connectivity index (χ3n) is 2.80. The number of nitrogens with one attached hydrogen (secondary N) is 1. The lowest BCUT2D eigenvalue weighted by Gasteiger charge is -2.19. The Morgan fingerprint density at radius 3 is 2.84 bits per heavy atom. The van der Waals surface area contributed by atoms with E-state index in [0.29, 0.717) is 6.61 Å². The first-order valence-electron chi connectivity index (χ1n) is 6.11. The van der Waals surface area contributed by atoms with Crippen LogP contribution < -0.4 is 10.1 Å². The van der Waals surface area contributed by atoms with Gasteiger partial charge < -0.3 is 14.8 Å². The average Bonchev–Trinajstić information content (AvgIpc) is 2.98. The number of para-hydroxylation sites is 1. The number of ether oxygens (including phenoxy) is 2. The van der Waals surface area contributed by atoms with E-state index < -0.39 is 0 Å². The highest BCUT2D eigenvalue weighted by Crippen LogP contribution is 2.30. The number of benzene rings is 1. The monoisotopic (exact) mass is 278 g/mol. The smallest absolute Gasteiger partial charge is 0.124 e. The summed E-state index contributed by atoms with van der Waals surface area (Å²) in [4.78, 5) is 4.41. The van der Waals surface area contributed by atoms with Gasteiger partial charge in [-0.1, -0.05) is 18.2 Å². The van der Waals surface area contributed by atoms with Crippen LogP contribution in [0, 0.1) is 0 Å². The van der Waals surface area contributed by atoms with Gasteiger partial charge in [-0.25, -0.2) is 4.98 Å². The van der Waals surface area contributed by atoms with Crippen LogP contribution in [-0.4, -0.2) is 32.4 Å². The Morgan fingerprint density at radius 2 is 2.16 bits per heavy atom. The van der Waals surface area contributed by atoms with E-state index in [2.05, 4.69) is 16.4 Å². The lowest BCUT2D eigenvalue weighted by Crippen LogP contribution is -2.26. The minimum absolute atomic E-state index is 0.0336. The van der Waals surface area contributed by atoms with Crippen molar-refractivity contribution in [3.8, 4) is 5.75 Å². The molecule has 102 valence electrons. The van der Waals surface area contributed by atoms with Gasteiger partial charge in [0.15, 0.2) is 0 Å². The van der Waals surface area contributed by atoms with E-state index in [9.17, 15) is 0 Å². The maximum atomic E-state index is 5.44. The van der Waals surface area contributed by atoms with Gasteiger partial charge in [0.25, 0.3) is 0 Å². The molecule has 5 heteroatoms. The Bertz CT molecular complexity index is 488. The molecule has 0 radical (unpaired) electrons. The Labute approximate surface area is 117 Å². The molecule has 1 unspecified atom stereocenters. The highest BCUT2D eigenvalue weighted by atomic mass is 32.1. The van der Waals surface area contributed by atoms with Crippen molar-refractivity contribution in [2.45, 2.75) is 6.04 Å². The first kappa shape index (κ1) is 14.0. The molecule has 4 nitrogen and oxygen atoms in total. The summed E-state index contributed by atoms with van der Waals surface area (Å²) in [5, 5.41) is 6.47. The molecule has 0 aliphatic carbocycles. The number of nitrogens with zero attached hydrogens (tertiary/aromatic N) is 1. The van der Waals surface area contributed by atoms with Crippen molar-refractivity contribution >= 4 is 11.3 Å². The largest absolute Gasteiger partial charge is 0.496 e. The molecule has 1 N–H and O–H groups in total. The summed E-state index contributed by atoms with van der Waals surface area (Å²) >= 11 is 1.63. The van der Waals surface area contributed by atoms with E-state index >= 15 is 0 Å². The predicted octanol–water partition coefficient (Wildman–Crippen LogP) is 2.48. The third-order valence-corrected chi connectivity index (χ3v) is 3.64. The normalized spacial score (nSPS) is 12.3. The van der Waals surface area contributed by atoms with Gasteiger partial charge in [0.05, 0.1) is 19.8 Å². The van der Waals surface area contributed by atoms with Crippen LogP contribution in [0.25, 0.3) is 0 Å². The summed E-state index contributed by atoms with van der Waals surface area (Å²) in [6.45, 7) is 1.43. The number of aromatic nitrogens is 1. The van der Waals surface area contributed by atoms with Crippen molar-refractivity contribution in [1.82, 2.24) is 10.3 Å². The van der Waals surface area contributed by atoms with Crippen LogP contribution in [0.1, 0.15) is 16.6 Å². The topological polar surface area (TPSA) is 43.4 Å². The van der Waals surface area contributed by atoms with Crippen molar-refractivity contribution in [3.63, 3.8) is 0 Å². The highest BCUT2D eigenvalue weighted by molar-refractivity contribution is 7.09. The molecule has 0 aliphatic rings. The van der Waals surface area contributed by atoms with E-state index in [4.69, 9.17) is 9.47 Å². The van der Waals surface area contributed by atoms with Crippen molar-refractivity contribution in [2.75, 3.05) is 27.4 Å². The second-order valence-electron chi connectivity index (χ2n) is 3.99. The lowest BCUT2D eigenvalue weighted by atomic mass is 10.1. The minimum Gasteiger partial charge on any atom is -0.496 e. The molecular weight excluding hydrogens is 260 g/mol. The molecule has 0 fully saturated rings. The Kier molecular flexibility index (Phi) is 5.32. The molecular formula is C14H18N2O2S. The molecule has 1 aromatic heterocycles. The van der Waals surface area contributed by atoms with Gasteiger partial charge in [-0.15, -0.1) is 11.3 Å². The van der Waals surface area contributed by atoms with E-state index in [1.54, 1.807) is 25.6 Å². The van der Waals surface area contributed by atoms with Crippen LogP contribution >= 0.6 is 11.3 Å². The van der Waals surface area contributed by atoms with Gasteiger partial charge in [0, 0.05) is 30.8 Å². The summed E-state index contributed by atoms with van der Waals surface area (Å²) < 4.78 is 10.5. The molecule has 0 aliphatic heterocycles. The lowest BCUT2D eigenvalue weighted by molar-refractivity contribution is 0.197. The maximum Gasteiger partial charge on any atom is 0.124 e. The van der Waals surface area contributed by atoms with Crippen molar-refractivity contribution in [1.29, 1.82) is 0 Å². The van der Waals surface area contributed by atoms with Gasteiger partial charge in [-0.3, -0.25) is 0 Å². The fourth-order valence-corrected chi connectivity index (χ4v) is 2.65. The van der Waals surface area contributed by atoms with E-state index in [1.807, 2.05) is 29.8 Å². The molecule has 1 atom stereocenters. The molecule has 0 saturated carbocycles. The zero-order valence-electron chi connectivity index (χ0n) is 11.1. The Balaban J connectivity index is 2.26. The van der Waals surface area contributed by atoms with E-state index in [-0.39, 0.29) is 6.04 Å². The van der Waals surface area contributed by atoms with Crippen molar-refractivity contribution in [3.05, 3.63) is 46.4 Å². The highest BCUT2D eigenvalue weighted by Gasteiger charge is 2.19. The van der Waals surface area contributed by atoms with E-state index in [0.717, 1.165) is 22.9 Å². The summed E-state index contributed by atoms with van der Waals surface area (Å²) in [6, 6.07) is 8.04. The average molecular weight is 278 g/mol. The minimum atomic E-state index is 0.0336. The molecule has 0 amide bonds. The first-order chi connectivity index (χ1) is 9.36. The van der Waals surface area contributed by atoms with Gasteiger partial charge in [0.1, 0.15) is 10.8 Å². The van der Waals surface area contributed by atoms with Crippen LogP contribution in [0.15, 0.2) is 35.8 Å². The van der Waals surface area contributed by atoms with Crippen molar-refractivity contribution < 1.29 is 9.47 Å². The van der Waals surface area contributed by atoms with Crippen molar-refractivity contribution in [2.24, 2.45) is 0 Å². The van der Waals surface area contributed by atoms with Gasteiger partial charge in [-0.05, 0) is 6.07 Å².